The van der Waals surface area contributed by atoms with Crippen molar-refractivity contribution in [1.29, 1.82) is 0 Å². The molecule has 2 aromatic carbocycles. The van der Waals surface area contributed by atoms with Gasteiger partial charge in [-0.3, -0.25) is 24.3 Å². The summed E-state index contributed by atoms with van der Waals surface area (Å²) in [5.74, 6) is -0.436. The number of fused-ring (bicyclic) bond motifs is 1. The van der Waals surface area contributed by atoms with Crippen LogP contribution >= 0.6 is 11.6 Å². The minimum absolute atomic E-state index is 0.0370. The largest absolute Gasteiger partial charge is 0.437 e. The van der Waals surface area contributed by atoms with Crippen molar-refractivity contribution in [2.45, 2.75) is 5.60 Å². The van der Waals surface area contributed by atoms with Crippen LogP contribution < -0.4 is 15.1 Å². The molecule has 3 aliphatic rings. The number of benzene rings is 2. The minimum atomic E-state index is -0.898. The van der Waals surface area contributed by atoms with E-state index in [0.29, 0.717) is 48.3 Å². The molecule has 0 radical (unpaired) electrons. The van der Waals surface area contributed by atoms with Crippen molar-refractivity contribution in [2.75, 3.05) is 61.1 Å². The van der Waals surface area contributed by atoms with E-state index < -0.39 is 11.7 Å². The summed E-state index contributed by atoms with van der Waals surface area (Å²) in [4.78, 5) is 43.0. The summed E-state index contributed by atoms with van der Waals surface area (Å²) in [6, 6.07) is 14.2. The zero-order chi connectivity index (χ0) is 23.0. The fourth-order valence-corrected chi connectivity index (χ4v) is 4.58. The highest BCUT2D eigenvalue weighted by Gasteiger charge is 2.48. The van der Waals surface area contributed by atoms with Gasteiger partial charge in [0, 0.05) is 23.8 Å². The van der Waals surface area contributed by atoms with E-state index in [1.54, 1.807) is 35.2 Å². The molecule has 10 heteroatoms. The van der Waals surface area contributed by atoms with Gasteiger partial charge in [0.15, 0.2) is 5.60 Å². The molecule has 0 saturated carbocycles. The molecule has 2 aromatic rings. The highest BCUT2D eigenvalue weighted by molar-refractivity contribution is 6.30. The van der Waals surface area contributed by atoms with E-state index in [-0.39, 0.29) is 31.5 Å². The summed E-state index contributed by atoms with van der Waals surface area (Å²) >= 11 is 5.97. The number of amides is 3. The van der Waals surface area contributed by atoms with E-state index in [0.717, 1.165) is 0 Å². The van der Waals surface area contributed by atoms with Gasteiger partial charge in [-0.15, -0.1) is 0 Å². The second-order valence-corrected chi connectivity index (χ2v) is 8.86. The standard InChI is InChI=1S/C23H23ClN4O5/c24-16-5-7-17(8-6-16)28-14-23(33-22(28)31)13-26(9-10-32-15-23)12-21(30)27-11-20(29)25-18-3-1-2-4-19(18)27/h1-8H,9-15H2,(H,25,29)/t23-/m0/s1. The molecule has 9 nitrogen and oxygen atoms in total. The third kappa shape index (κ3) is 4.39. The van der Waals surface area contributed by atoms with Gasteiger partial charge in [0.1, 0.15) is 6.54 Å². The molecule has 2 saturated heterocycles. The summed E-state index contributed by atoms with van der Waals surface area (Å²) in [5.41, 5.74) is 1.07. The molecule has 172 valence electrons. The second kappa shape index (κ2) is 8.66. The van der Waals surface area contributed by atoms with Crippen molar-refractivity contribution < 1.29 is 23.9 Å². The number of anilines is 3. The van der Waals surface area contributed by atoms with E-state index in [2.05, 4.69) is 5.32 Å². The monoisotopic (exact) mass is 470 g/mol. The average molecular weight is 471 g/mol. The molecule has 1 spiro atoms. The van der Waals surface area contributed by atoms with Crippen LogP contribution in [0.25, 0.3) is 0 Å². The number of hydrogen-bond donors (Lipinski definition) is 1. The predicted octanol–water partition coefficient (Wildman–Crippen LogP) is 2.35. The molecule has 3 heterocycles. The molecule has 2 fully saturated rings. The van der Waals surface area contributed by atoms with E-state index >= 15 is 0 Å². The SMILES string of the molecule is O=C1CN(C(=O)CN2CCOC[C@]3(C2)CN(c2ccc(Cl)cc2)C(=O)O3)c2ccccc2N1. The van der Waals surface area contributed by atoms with Crippen molar-refractivity contribution in [3.63, 3.8) is 0 Å². The van der Waals surface area contributed by atoms with Crippen LogP contribution in [-0.4, -0.2) is 74.3 Å². The second-order valence-electron chi connectivity index (χ2n) is 8.42. The summed E-state index contributed by atoms with van der Waals surface area (Å²) in [7, 11) is 0. The topological polar surface area (TPSA) is 91.4 Å². The van der Waals surface area contributed by atoms with Gasteiger partial charge >= 0.3 is 6.09 Å². The summed E-state index contributed by atoms with van der Waals surface area (Å²) in [6.45, 7) is 1.83. The third-order valence-corrected chi connectivity index (χ3v) is 6.22. The fraction of sp³-hybridized carbons (Fsp3) is 0.348. The van der Waals surface area contributed by atoms with Crippen molar-refractivity contribution in [1.82, 2.24) is 4.90 Å². The van der Waals surface area contributed by atoms with Crippen LogP contribution in [0.5, 0.6) is 0 Å². The lowest BCUT2D eigenvalue weighted by Gasteiger charge is -2.33. The highest BCUT2D eigenvalue weighted by Crippen LogP contribution is 2.32. The third-order valence-electron chi connectivity index (χ3n) is 5.97. The number of nitrogens with zero attached hydrogens (tertiary/aromatic N) is 3. The fourth-order valence-electron chi connectivity index (χ4n) is 4.45. The van der Waals surface area contributed by atoms with Gasteiger partial charge in [-0.25, -0.2) is 4.79 Å². The zero-order valence-corrected chi connectivity index (χ0v) is 18.6. The number of halogens is 1. The van der Waals surface area contributed by atoms with Gasteiger partial charge in [-0.2, -0.15) is 0 Å². The normalized spacial score (nSPS) is 23.2. The molecular formula is C23H23ClN4O5. The summed E-state index contributed by atoms with van der Waals surface area (Å²) in [6.07, 6.45) is -0.462. The van der Waals surface area contributed by atoms with E-state index in [9.17, 15) is 14.4 Å². The maximum absolute atomic E-state index is 13.2. The van der Waals surface area contributed by atoms with Gasteiger partial charge in [-0.1, -0.05) is 23.7 Å². The van der Waals surface area contributed by atoms with Crippen LogP contribution in [0.1, 0.15) is 0 Å². The Kier molecular flexibility index (Phi) is 5.69. The van der Waals surface area contributed by atoms with Crippen molar-refractivity contribution in [2.24, 2.45) is 0 Å². The molecule has 5 rings (SSSR count). The number of nitrogens with one attached hydrogen (secondary N) is 1. The van der Waals surface area contributed by atoms with E-state index in [1.807, 2.05) is 23.1 Å². The first kappa shape index (κ1) is 21.7. The predicted molar refractivity (Wildman–Crippen MR) is 123 cm³/mol. The quantitative estimate of drug-likeness (QED) is 0.740. The number of ether oxygens (including phenoxy) is 2. The van der Waals surface area contributed by atoms with Crippen LogP contribution in [0, 0.1) is 0 Å². The first-order valence-electron chi connectivity index (χ1n) is 10.7. The Morgan fingerprint density at radius 1 is 1.09 bits per heavy atom. The maximum Gasteiger partial charge on any atom is 0.415 e. The molecule has 0 aliphatic carbocycles. The molecule has 3 aliphatic heterocycles. The molecule has 1 atom stereocenters. The van der Waals surface area contributed by atoms with E-state index in [4.69, 9.17) is 21.1 Å². The Bertz CT molecular complexity index is 1090. The molecule has 33 heavy (non-hydrogen) atoms. The number of carbonyl (C=O) groups is 3. The first-order chi connectivity index (χ1) is 15.9. The Hall–Kier alpha value is -3.14. The Balaban J connectivity index is 1.31. The van der Waals surface area contributed by atoms with Crippen molar-refractivity contribution in [3.8, 4) is 0 Å². The summed E-state index contributed by atoms with van der Waals surface area (Å²) < 4.78 is 11.6. The van der Waals surface area contributed by atoms with Gasteiger partial charge < -0.3 is 14.8 Å². The highest BCUT2D eigenvalue weighted by atomic mass is 35.5. The number of hydrogen-bond acceptors (Lipinski definition) is 6. The Labute approximate surface area is 195 Å². The average Bonchev–Trinajstić information content (AvgIpc) is 2.99. The number of para-hydroxylation sites is 2. The van der Waals surface area contributed by atoms with Crippen LogP contribution in [-0.2, 0) is 19.1 Å². The van der Waals surface area contributed by atoms with Gasteiger partial charge in [0.2, 0.25) is 11.8 Å². The lowest BCUT2D eigenvalue weighted by atomic mass is 10.0. The Morgan fingerprint density at radius 2 is 1.88 bits per heavy atom. The maximum atomic E-state index is 13.2. The van der Waals surface area contributed by atoms with Crippen LogP contribution in [0.15, 0.2) is 48.5 Å². The van der Waals surface area contributed by atoms with Gasteiger partial charge in [0.05, 0.1) is 37.7 Å². The molecule has 0 bridgehead atoms. The van der Waals surface area contributed by atoms with Crippen molar-refractivity contribution in [3.05, 3.63) is 53.6 Å². The number of rotatable bonds is 3. The minimum Gasteiger partial charge on any atom is -0.437 e. The lowest BCUT2D eigenvalue weighted by Crippen LogP contribution is -2.51. The zero-order valence-electron chi connectivity index (χ0n) is 17.8. The molecular weight excluding hydrogens is 448 g/mol. The van der Waals surface area contributed by atoms with Crippen LogP contribution in [0.4, 0.5) is 21.9 Å². The lowest BCUT2D eigenvalue weighted by molar-refractivity contribution is -0.123. The molecule has 1 N–H and O–H groups in total. The van der Waals surface area contributed by atoms with Gasteiger partial charge in [0.25, 0.3) is 0 Å². The molecule has 0 unspecified atom stereocenters. The number of carbonyl (C=O) groups excluding carboxylic acids is 3. The summed E-state index contributed by atoms with van der Waals surface area (Å²) in [5, 5.41) is 3.37. The van der Waals surface area contributed by atoms with Crippen molar-refractivity contribution >= 4 is 46.6 Å². The van der Waals surface area contributed by atoms with E-state index in [1.165, 1.54) is 4.90 Å². The first-order valence-corrected chi connectivity index (χ1v) is 11.1. The van der Waals surface area contributed by atoms with Gasteiger partial charge in [-0.05, 0) is 36.4 Å². The smallest absolute Gasteiger partial charge is 0.415 e. The Morgan fingerprint density at radius 3 is 2.70 bits per heavy atom. The van der Waals surface area contributed by atoms with Crippen LogP contribution in [0.2, 0.25) is 5.02 Å². The van der Waals surface area contributed by atoms with Crippen LogP contribution in [0.3, 0.4) is 0 Å². The molecule has 0 aromatic heterocycles. The molecule has 3 amide bonds.